The van der Waals surface area contributed by atoms with Crippen LogP contribution in [-0.4, -0.2) is 28.1 Å². The van der Waals surface area contributed by atoms with E-state index in [1.807, 2.05) is 0 Å². The molecule has 2 nitrogen and oxygen atoms in total. The molecule has 0 radical (unpaired) electrons. The summed E-state index contributed by atoms with van der Waals surface area (Å²) in [7, 11) is 2.97. The van der Waals surface area contributed by atoms with Crippen molar-refractivity contribution in [1.29, 1.82) is 0 Å². The minimum Gasteiger partial charge on any atom is -0.348 e. The van der Waals surface area contributed by atoms with Crippen molar-refractivity contribution in [2.24, 2.45) is 0 Å². The van der Waals surface area contributed by atoms with Gasteiger partial charge in [0, 0.05) is 14.2 Å². The van der Waals surface area contributed by atoms with E-state index in [4.69, 9.17) is 9.47 Å². The van der Waals surface area contributed by atoms with Gasteiger partial charge < -0.3 is 9.47 Å². The highest BCUT2D eigenvalue weighted by Gasteiger charge is 2.21. The Labute approximate surface area is 60.5 Å². The first-order valence-electron chi connectivity index (χ1n) is 2.47. The second-order valence-electron chi connectivity index (χ2n) is 1.42. The number of rotatable bonds is 3. The van der Waals surface area contributed by atoms with Crippen LogP contribution in [0, 0.1) is 0 Å². The van der Waals surface area contributed by atoms with Crippen LogP contribution in [0.2, 0.25) is 6.55 Å². The molecular formula is C4H11BrO2Si. The van der Waals surface area contributed by atoms with Crippen LogP contribution in [0.3, 0.4) is 0 Å². The van der Waals surface area contributed by atoms with Crippen LogP contribution in [0.15, 0.2) is 0 Å². The van der Waals surface area contributed by atoms with E-state index in [-0.39, 0.29) is 9.52 Å². The lowest BCUT2D eigenvalue weighted by atomic mass is 11.3. The van der Waals surface area contributed by atoms with E-state index in [9.17, 15) is 0 Å². The van der Waals surface area contributed by atoms with Gasteiger partial charge in [0.1, 0.15) is 9.52 Å². The molecule has 0 atom stereocenters. The lowest BCUT2D eigenvalue weighted by Gasteiger charge is -2.21. The van der Waals surface area contributed by atoms with Crippen LogP contribution in [0.5, 0.6) is 0 Å². The molecule has 0 fully saturated rings. The smallest absolute Gasteiger partial charge is 0.197 e. The molecule has 0 amide bonds. The Morgan fingerprint density at radius 3 is 1.75 bits per heavy atom. The van der Waals surface area contributed by atoms with Gasteiger partial charge in [0.2, 0.25) is 0 Å². The van der Waals surface area contributed by atoms with Crippen molar-refractivity contribution in [3.8, 4) is 0 Å². The first-order chi connectivity index (χ1) is 3.68. The summed E-state index contributed by atoms with van der Waals surface area (Å²) in [4.78, 5) is 0. The SMILES string of the molecule is COC(Br)(OC)[SiH2]C. The fourth-order valence-corrected chi connectivity index (χ4v) is 0.949. The van der Waals surface area contributed by atoms with Crippen molar-refractivity contribution in [3.05, 3.63) is 0 Å². The number of ether oxygens (including phenoxy) is 2. The van der Waals surface area contributed by atoms with Crippen molar-refractivity contribution in [1.82, 2.24) is 0 Å². The summed E-state index contributed by atoms with van der Waals surface area (Å²) in [6, 6.07) is 0. The normalized spacial score (nSPS) is 13.5. The van der Waals surface area contributed by atoms with Crippen LogP contribution in [-0.2, 0) is 9.47 Å². The van der Waals surface area contributed by atoms with Gasteiger partial charge in [-0.2, -0.15) is 0 Å². The molecule has 4 heteroatoms. The molecule has 0 aromatic carbocycles. The maximum atomic E-state index is 4.99. The van der Waals surface area contributed by atoms with Crippen molar-refractivity contribution >= 4 is 25.4 Å². The van der Waals surface area contributed by atoms with Crippen LogP contribution < -0.4 is 0 Å². The molecule has 0 unspecified atom stereocenters. The largest absolute Gasteiger partial charge is 0.348 e. The van der Waals surface area contributed by atoms with Crippen molar-refractivity contribution < 1.29 is 9.47 Å². The zero-order chi connectivity index (χ0) is 6.62. The number of hydrogen-bond acceptors (Lipinski definition) is 2. The van der Waals surface area contributed by atoms with E-state index in [1.54, 1.807) is 14.2 Å². The Balaban J connectivity index is 3.58. The van der Waals surface area contributed by atoms with Crippen molar-refractivity contribution in [2.75, 3.05) is 14.2 Å². The molecule has 0 saturated carbocycles. The van der Waals surface area contributed by atoms with Gasteiger partial charge >= 0.3 is 0 Å². The molecule has 0 aromatic heterocycles. The number of methoxy groups -OCH3 is 2. The second-order valence-corrected chi connectivity index (χ2v) is 5.30. The quantitative estimate of drug-likeness (QED) is 0.374. The highest BCUT2D eigenvalue weighted by molar-refractivity contribution is 9.10. The fraction of sp³-hybridized carbons (Fsp3) is 1.00. The molecule has 0 bridgehead atoms. The third kappa shape index (κ3) is 2.26. The molecule has 0 rings (SSSR count). The average molecular weight is 199 g/mol. The van der Waals surface area contributed by atoms with Crippen molar-refractivity contribution in [3.63, 3.8) is 0 Å². The first kappa shape index (κ1) is 8.62. The fourth-order valence-electron chi connectivity index (χ4n) is 0.372. The lowest BCUT2D eigenvalue weighted by Crippen LogP contribution is -2.31. The highest BCUT2D eigenvalue weighted by atomic mass is 79.9. The topological polar surface area (TPSA) is 18.5 Å². The van der Waals surface area contributed by atoms with Gasteiger partial charge in [-0.25, -0.2) is 0 Å². The molecular weight excluding hydrogens is 188 g/mol. The van der Waals surface area contributed by atoms with E-state index in [1.165, 1.54) is 0 Å². The van der Waals surface area contributed by atoms with Crippen LogP contribution in [0.25, 0.3) is 0 Å². The molecule has 8 heavy (non-hydrogen) atoms. The summed E-state index contributed by atoms with van der Waals surface area (Å²) in [6.07, 6.45) is 0. The molecule has 0 aromatic rings. The predicted molar refractivity (Wildman–Crippen MR) is 40.1 cm³/mol. The maximum Gasteiger partial charge on any atom is 0.197 e. The number of hydrogen-bond donors (Lipinski definition) is 0. The summed E-state index contributed by atoms with van der Waals surface area (Å²) in [6.45, 7) is 2.11. The summed E-state index contributed by atoms with van der Waals surface area (Å²) in [5.74, 6) is 0. The van der Waals surface area contributed by atoms with Gasteiger partial charge in [0.15, 0.2) is 4.32 Å². The van der Waals surface area contributed by atoms with E-state index in [2.05, 4.69) is 22.5 Å². The second kappa shape index (κ2) is 3.61. The number of alkyl halides is 1. The van der Waals surface area contributed by atoms with Crippen LogP contribution in [0.4, 0.5) is 0 Å². The zero-order valence-corrected chi connectivity index (χ0v) is 8.40. The Hall–Kier alpha value is 0.617. The molecule has 0 heterocycles. The monoisotopic (exact) mass is 198 g/mol. The standard InChI is InChI=1S/C4H11BrO2Si/c1-6-4(5,7-2)8-3/h8H2,1-3H3. The van der Waals surface area contributed by atoms with E-state index < -0.39 is 4.32 Å². The van der Waals surface area contributed by atoms with Gasteiger partial charge in [-0.1, -0.05) is 6.55 Å². The molecule has 0 saturated heterocycles. The molecule has 0 spiro atoms. The minimum atomic E-state index is -0.424. The third-order valence-electron chi connectivity index (χ3n) is 1.03. The van der Waals surface area contributed by atoms with Gasteiger partial charge in [0.05, 0.1) is 0 Å². The summed E-state index contributed by atoms with van der Waals surface area (Å²) in [5.41, 5.74) is 0. The van der Waals surface area contributed by atoms with E-state index in [0.29, 0.717) is 0 Å². The Kier molecular flexibility index (Phi) is 3.88. The highest BCUT2D eigenvalue weighted by Crippen LogP contribution is 2.16. The Bertz CT molecular complexity index is 56.8. The maximum absolute atomic E-state index is 4.99. The van der Waals surface area contributed by atoms with E-state index >= 15 is 0 Å². The molecule has 0 aliphatic carbocycles. The van der Waals surface area contributed by atoms with Gasteiger partial charge in [-0.3, -0.25) is 0 Å². The molecule has 0 aliphatic heterocycles. The Morgan fingerprint density at radius 1 is 1.38 bits per heavy atom. The average Bonchev–Trinajstić information content (AvgIpc) is 1.87. The predicted octanol–water partition coefficient (Wildman–Crippen LogP) is 0.502. The van der Waals surface area contributed by atoms with Crippen LogP contribution in [0.1, 0.15) is 0 Å². The summed E-state index contributed by atoms with van der Waals surface area (Å²) < 4.78 is 9.56. The Morgan fingerprint density at radius 2 is 1.75 bits per heavy atom. The van der Waals surface area contributed by atoms with Gasteiger partial charge in [-0.05, 0) is 15.9 Å². The van der Waals surface area contributed by atoms with Crippen LogP contribution >= 0.6 is 15.9 Å². The molecule has 0 aliphatic rings. The van der Waals surface area contributed by atoms with E-state index in [0.717, 1.165) is 0 Å². The molecule has 0 N–H and O–H groups in total. The number of halogens is 1. The van der Waals surface area contributed by atoms with Crippen molar-refractivity contribution in [2.45, 2.75) is 10.9 Å². The summed E-state index contributed by atoms with van der Waals surface area (Å²) in [5, 5.41) is 0. The minimum absolute atomic E-state index is 0.296. The van der Waals surface area contributed by atoms with Gasteiger partial charge in [-0.15, -0.1) is 0 Å². The zero-order valence-electron chi connectivity index (χ0n) is 5.40. The lowest BCUT2D eigenvalue weighted by molar-refractivity contribution is -0.0671. The van der Waals surface area contributed by atoms with Gasteiger partial charge in [0.25, 0.3) is 0 Å². The third-order valence-corrected chi connectivity index (χ3v) is 4.78. The summed E-state index contributed by atoms with van der Waals surface area (Å²) >= 11 is 3.30. The first-order valence-corrected chi connectivity index (χ1v) is 5.39. The molecule has 50 valence electrons.